The molecule has 1 amide bonds. The van der Waals surface area contributed by atoms with Crippen LogP contribution < -0.4 is 5.32 Å². The van der Waals surface area contributed by atoms with Crippen LogP contribution in [0.5, 0.6) is 0 Å². The molecule has 17 heavy (non-hydrogen) atoms. The molecule has 0 spiro atoms. The minimum Gasteiger partial charge on any atom is -0.376 e. The third-order valence-electron chi connectivity index (χ3n) is 3.62. The molecule has 0 aromatic heterocycles. The molecule has 0 radical (unpaired) electrons. The van der Waals surface area contributed by atoms with E-state index in [4.69, 9.17) is 10.00 Å². The largest absolute Gasteiger partial charge is 0.376 e. The Morgan fingerprint density at radius 2 is 2.18 bits per heavy atom. The molecule has 0 aromatic carbocycles. The van der Waals surface area contributed by atoms with Crippen LogP contribution in [0.25, 0.3) is 0 Å². The normalized spacial score (nSPS) is 20.6. The molecule has 1 atom stereocenters. The van der Waals surface area contributed by atoms with Crippen molar-refractivity contribution in [2.45, 2.75) is 52.1 Å². The maximum atomic E-state index is 12.0. The summed E-state index contributed by atoms with van der Waals surface area (Å²) in [6, 6.07) is 2.15. The molecule has 4 nitrogen and oxygen atoms in total. The van der Waals surface area contributed by atoms with Crippen molar-refractivity contribution >= 4 is 5.91 Å². The van der Waals surface area contributed by atoms with E-state index in [0.717, 1.165) is 25.9 Å². The maximum absolute atomic E-state index is 12.0. The van der Waals surface area contributed by atoms with Gasteiger partial charge in [0.25, 0.3) is 0 Å². The van der Waals surface area contributed by atoms with Gasteiger partial charge in [0.2, 0.25) is 5.91 Å². The van der Waals surface area contributed by atoms with E-state index >= 15 is 0 Å². The number of carbonyl (C=O) groups is 1. The summed E-state index contributed by atoms with van der Waals surface area (Å²) >= 11 is 0. The van der Waals surface area contributed by atoms with E-state index in [1.807, 2.05) is 13.8 Å². The number of nitrogens with zero attached hydrogens (tertiary/aromatic N) is 1. The molecule has 1 unspecified atom stereocenters. The summed E-state index contributed by atoms with van der Waals surface area (Å²) in [5.41, 5.74) is -0.866. The van der Waals surface area contributed by atoms with Gasteiger partial charge in [-0.25, -0.2) is 0 Å². The molecule has 0 aromatic rings. The van der Waals surface area contributed by atoms with Crippen molar-refractivity contribution in [3.05, 3.63) is 0 Å². The minimum atomic E-state index is -0.866. The van der Waals surface area contributed by atoms with Crippen LogP contribution in [0.15, 0.2) is 0 Å². The Labute approximate surface area is 103 Å². The standard InChI is InChI=1S/C13H22N2O2/c1-3-13(4-2,10-14)12(16)15-9-11-7-5-6-8-17-11/h11H,3-9H2,1-2H3,(H,15,16). The molecule has 0 aliphatic carbocycles. The van der Waals surface area contributed by atoms with Crippen LogP contribution in [0.3, 0.4) is 0 Å². The van der Waals surface area contributed by atoms with E-state index in [2.05, 4.69) is 11.4 Å². The summed E-state index contributed by atoms with van der Waals surface area (Å²) in [5.74, 6) is -0.154. The van der Waals surface area contributed by atoms with Gasteiger partial charge in [0, 0.05) is 13.2 Å². The number of nitrogens with one attached hydrogen (secondary N) is 1. The zero-order valence-electron chi connectivity index (χ0n) is 10.8. The summed E-state index contributed by atoms with van der Waals surface area (Å²) in [6.07, 6.45) is 4.49. The monoisotopic (exact) mass is 238 g/mol. The lowest BCUT2D eigenvalue weighted by atomic mass is 9.83. The second kappa shape index (κ2) is 6.61. The summed E-state index contributed by atoms with van der Waals surface area (Å²) in [5, 5.41) is 12.0. The fourth-order valence-electron chi connectivity index (χ4n) is 2.12. The predicted octanol–water partition coefficient (Wildman–Crippen LogP) is 2.00. The number of hydrogen-bond acceptors (Lipinski definition) is 3. The first-order valence-electron chi connectivity index (χ1n) is 6.49. The Bertz CT molecular complexity index is 286. The van der Waals surface area contributed by atoms with Gasteiger partial charge in [0.1, 0.15) is 5.41 Å². The highest BCUT2D eigenvalue weighted by molar-refractivity contribution is 5.85. The van der Waals surface area contributed by atoms with Gasteiger partial charge < -0.3 is 10.1 Å². The highest BCUT2D eigenvalue weighted by Crippen LogP contribution is 2.25. The molecule has 0 saturated carbocycles. The third kappa shape index (κ3) is 3.44. The Kier molecular flexibility index (Phi) is 5.43. The fraction of sp³-hybridized carbons (Fsp3) is 0.846. The molecule has 1 aliphatic rings. The van der Waals surface area contributed by atoms with Crippen molar-refractivity contribution < 1.29 is 9.53 Å². The highest BCUT2D eigenvalue weighted by Gasteiger charge is 2.35. The van der Waals surface area contributed by atoms with Gasteiger partial charge in [-0.05, 0) is 32.1 Å². The zero-order chi connectivity index (χ0) is 12.7. The van der Waals surface area contributed by atoms with Crippen molar-refractivity contribution in [2.75, 3.05) is 13.2 Å². The number of nitriles is 1. The minimum absolute atomic E-state index is 0.123. The molecule has 1 aliphatic heterocycles. The second-order valence-electron chi connectivity index (χ2n) is 4.60. The van der Waals surface area contributed by atoms with Gasteiger partial charge in [-0.3, -0.25) is 4.79 Å². The van der Waals surface area contributed by atoms with Crippen LogP contribution in [0, 0.1) is 16.7 Å². The van der Waals surface area contributed by atoms with E-state index in [0.29, 0.717) is 19.4 Å². The van der Waals surface area contributed by atoms with E-state index in [-0.39, 0.29) is 12.0 Å². The van der Waals surface area contributed by atoms with E-state index in [1.54, 1.807) is 0 Å². The SMILES string of the molecule is CCC(C#N)(CC)C(=O)NCC1CCCCO1. The second-order valence-corrected chi connectivity index (χ2v) is 4.60. The van der Waals surface area contributed by atoms with Crippen LogP contribution in [-0.4, -0.2) is 25.2 Å². The van der Waals surface area contributed by atoms with Crippen molar-refractivity contribution in [2.24, 2.45) is 5.41 Å². The quantitative estimate of drug-likeness (QED) is 0.796. The summed E-state index contributed by atoms with van der Waals surface area (Å²) in [4.78, 5) is 12.0. The molecule has 1 saturated heterocycles. The summed E-state index contributed by atoms with van der Waals surface area (Å²) in [7, 11) is 0. The number of rotatable bonds is 5. The van der Waals surface area contributed by atoms with Crippen molar-refractivity contribution in [3.8, 4) is 6.07 Å². The molecule has 1 rings (SSSR count). The summed E-state index contributed by atoms with van der Waals surface area (Å²) < 4.78 is 5.54. The highest BCUT2D eigenvalue weighted by atomic mass is 16.5. The molecule has 1 heterocycles. The van der Waals surface area contributed by atoms with Gasteiger partial charge in [-0.2, -0.15) is 5.26 Å². The summed E-state index contributed by atoms with van der Waals surface area (Å²) in [6.45, 7) is 5.07. The first-order chi connectivity index (χ1) is 8.18. The number of carbonyl (C=O) groups excluding carboxylic acids is 1. The Balaban J connectivity index is 2.45. The van der Waals surface area contributed by atoms with Crippen LogP contribution >= 0.6 is 0 Å². The first-order valence-corrected chi connectivity index (χ1v) is 6.49. The smallest absolute Gasteiger partial charge is 0.240 e. The molecular weight excluding hydrogens is 216 g/mol. The average Bonchev–Trinajstić information content (AvgIpc) is 2.40. The number of ether oxygens (including phenoxy) is 1. The van der Waals surface area contributed by atoms with Gasteiger partial charge in [0.15, 0.2) is 0 Å². The van der Waals surface area contributed by atoms with Crippen molar-refractivity contribution in [3.63, 3.8) is 0 Å². The van der Waals surface area contributed by atoms with Crippen molar-refractivity contribution in [1.29, 1.82) is 5.26 Å². The van der Waals surface area contributed by atoms with Crippen molar-refractivity contribution in [1.82, 2.24) is 5.32 Å². The van der Waals surface area contributed by atoms with E-state index in [1.165, 1.54) is 0 Å². The molecule has 4 heteroatoms. The first kappa shape index (κ1) is 14.0. The molecule has 96 valence electrons. The topological polar surface area (TPSA) is 62.1 Å². The fourth-order valence-corrected chi connectivity index (χ4v) is 2.12. The Morgan fingerprint density at radius 1 is 1.47 bits per heavy atom. The molecule has 1 N–H and O–H groups in total. The molecule has 0 bridgehead atoms. The number of amides is 1. The lowest BCUT2D eigenvalue weighted by Crippen LogP contribution is -2.43. The zero-order valence-corrected chi connectivity index (χ0v) is 10.8. The lowest BCUT2D eigenvalue weighted by molar-refractivity contribution is -0.129. The Morgan fingerprint density at radius 3 is 2.65 bits per heavy atom. The maximum Gasteiger partial charge on any atom is 0.240 e. The molecule has 1 fully saturated rings. The van der Waals surface area contributed by atoms with Crippen LogP contribution in [0.1, 0.15) is 46.0 Å². The van der Waals surface area contributed by atoms with Crippen LogP contribution in [0.2, 0.25) is 0 Å². The van der Waals surface area contributed by atoms with Gasteiger partial charge in [0.05, 0.1) is 12.2 Å². The van der Waals surface area contributed by atoms with E-state index in [9.17, 15) is 4.79 Å². The van der Waals surface area contributed by atoms with Gasteiger partial charge >= 0.3 is 0 Å². The molecular formula is C13H22N2O2. The third-order valence-corrected chi connectivity index (χ3v) is 3.62. The lowest BCUT2D eigenvalue weighted by Gasteiger charge is -2.26. The predicted molar refractivity (Wildman–Crippen MR) is 65.2 cm³/mol. The number of hydrogen-bond donors (Lipinski definition) is 1. The Hall–Kier alpha value is -1.08. The van der Waals surface area contributed by atoms with E-state index < -0.39 is 5.41 Å². The van der Waals surface area contributed by atoms with Crippen LogP contribution in [-0.2, 0) is 9.53 Å². The van der Waals surface area contributed by atoms with Gasteiger partial charge in [-0.1, -0.05) is 13.8 Å². The van der Waals surface area contributed by atoms with Crippen LogP contribution in [0.4, 0.5) is 0 Å². The van der Waals surface area contributed by atoms with Gasteiger partial charge in [-0.15, -0.1) is 0 Å². The average molecular weight is 238 g/mol.